The quantitative estimate of drug-likeness (QED) is 0.0597. The lowest BCUT2D eigenvalue weighted by Crippen LogP contribution is -2.68. The van der Waals surface area contributed by atoms with Crippen molar-refractivity contribution in [2.45, 2.75) is 208 Å². The number of aliphatic hydroxyl groups excluding tert-OH is 2. The number of rotatable bonds is 22. The van der Waals surface area contributed by atoms with Gasteiger partial charge in [0.05, 0.1) is 32.6 Å². The van der Waals surface area contributed by atoms with Crippen LogP contribution in [0.5, 0.6) is 0 Å². The molecular weight excluding hydrogens is 1910 g/mol. The number of nitrogens with zero attached hydrogens (tertiary/aromatic N) is 15. The van der Waals surface area contributed by atoms with Gasteiger partial charge in [0.25, 0.3) is 30.3 Å². The zero-order chi connectivity index (χ0) is 104. The first-order valence-corrected chi connectivity index (χ1v) is 58.1. The van der Waals surface area contributed by atoms with Crippen molar-refractivity contribution in [2.75, 3.05) is 152 Å². The number of fused-ring (bicyclic) bond motifs is 4. The van der Waals surface area contributed by atoms with E-state index in [0.29, 0.717) is 89.4 Å². The Labute approximate surface area is 868 Å². The lowest BCUT2D eigenvalue weighted by Gasteiger charge is -2.57. The van der Waals surface area contributed by atoms with E-state index in [-0.39, 0.29) is 95.4 Å². The summed E-state index contributed by atoms with van der Waals surface area (Å²) in [6.45, 7) is 32.7. The summed E-state index contributed by atoms with van der Waals surface area (Å²) >= 11 is 0. The van der Waals surface area contributed by atoms with Gasteiger partial charge in [0.1, 0.15) is 17.8 Å². The van der Waals surface area contributed by atoms with Crippen LogP contribution in [0.4, 0.5) is 0 Å². The minimum atomic E-state index is -3.70. The fraction of sp³-hybridized carbons (Fsp3) is 0.487. The van der Waals surface area contributed by atoms with Gasteiger partial charge in [-0.1, -0.05) is 170 Å². The van der Waals surface area contributed by atoms with Crippen LogP contribution < -0.4 is 4.57 Å². The third-order valence-electron chi connectivity index (χ3n) is 33.8. The third-order valence-corrected chi connectivity index (χ3v) is 41.6. The number of ether oxygens (including phenoxy) is 2. The molecule has 9 aliphatic heterocycles. The van der Waals surface area contributed by atoms with E-state index in [1.54, 1.807) is 71.2 Å². The zero-order valence-electron chi connectivity index (χ0n) is 88.2. The first-order chi connectivity index (χ1) is 70.1. The van der Waals surface area contributed by atoms with E-state index >= 15 is 0 Å². The van der Waals surface area contributed by atoms with Gasteiger partial charge in [-0.05, 0) is 264 Å². The fourth-order valence-electron chi connectivity index (χ4n) is 24.4. The SMILES string of the molecule is COC[C@@H]1[C@@H](c2ccc(-c3cccc(C)c3C)cc2)[C@@H]2CN(S(=O)(=O)c3ccc[n+](C)c3C)CCCCN12.COC[C@@H]1[C@@H](c2ccc(-c3cccc(C)c3C)cc2)[C@@H]2CN(S(=O)(=O)c3cnc(C)n3C)CCCCN12.Cc1cccc(-c2ccc([C@@H]3[C@@H](CO)N4CCCCN(S(=O)(=O)N5CCN(C)CC5)C[C@@H]34)cc2)c1C.Cc1cccc(-c2ccc([C@@H]3[C@@H](CO)N4CCCCN(S(=O)(=O)c5nccn5C)C[C@@H]34)cc2)c1C. The third kappa shape index (κ3) is 21.8. The Bertz CT molecular complexity index is 6860. The molecule has 9 fully saturated rings. The maximum atomic E-state index is 13.9. The van der Waals surface area contributed by atoms with Gasteiger partial charge in [-0.15, -0.1) is 0 Å². The second-order valence-corrected chi connectivity index (χ2v) is 49.5. The Kier molecular flexibility index (Phi) is 34.1. The molecular formula is C115H152N15O12S4+. The van der Waals surface area contributed by atoms with Crippen LogP contribution in [0.3, 0.4) is 0 Å². The molecule has 9 saturated heterocycles. The largest absolute Gasteiger partial charge is 0.395 e. The lowest BCUT2D eigenvalue weighted by atomic mass is 9.74. The fourth-order valence-corrected chi connectivity index (χ4v) is 31.1. The number of pyridine rings is 1. The van der Waals surface area contributed by atoms with Crippen LogP contribution in [0.15, 0.2) is 222 Å². The molecule has 20 rings (SSSR count). The van der Waals surface area contributed by atoms with E-state index in [9.17, 15) is 43.9 Å². The van der Waals surface area contributed by atoms with Gasteiger partial charge in [0.15, 0.2) is 16.9 Å². The molecule has 31 heteroatoms. The predicted octanol–water partition coefficient (Wildman–Crippen LogP) is 14.7. The van der Waals surface area contributed by atoms with Crippen molar-refractivity contribution in [1.29, 1.82) is 0 Å². The number of hydrogen-bond donors (Lipinski definition) is 2. The Morgan fingerprint density at radius 3 is 1.03 bits per heavy atom. The molecule has 3 aromatic heterocycles. The van der Waals surface area contributed by atoms with Gasteiger partial charge >= 0.3 is 0 Å². The van der Waals surface area contributed by atoms with Crippen molar-refractivity contribution in [3.05, 3.63) is 285 Å². The average molecular weight is 2060 g/mol. The average Bonchev–Trinajstić information content (AvgIpc) is 0.819. The van der Waals surface area contributed by atoms with E-state index in [1.807, 2.05) is 44.8 Å². The van der Waals surface area contributed by atoms with Gasteiger partial charge in [-0.2, -0.15) is 29.9 Å². The van der Waals surface area contributed by atoms with Gasteiger partial charge < -0.3 is 33.7 Å². The summed E-state index contributed by atoms with van der Waals surface area (Å²) in [6, 6.07) is 65.1. The number of likely N-dealkylation sites (N-methyl/N-ethyl adjacent to an activating group) is 1. The summed E-state index contributed by atoms with van der Waals surface area (Å²) in [5.74, 6) is 1.30. The molecule has 27 nitrogen and oxygen atoms in total. The van der Waals surface area contributed by atoms with Crippen molar-refractivity contribution in [1.82, 2.24) is 65.1 Å². The van der Waals surface area contributed by atoms with Crippen molar-refractivity contribution >= 4 is 40.3 Å². The van der Waals surface area contributed by atoms with Gasteiger partial charge in [-0.3, -0.25) is 19.6 Å². The van der Waals surface area contributed by atoms with Crippen LogP contribution in [0, 0.1) is 69.2 Å². The standard InChI is InChI=1S/C31H40N3O3S.C29H38N4O3S.C28H40N4O3S.C27H34N4O3S/c1-22-10-8-11-27(23(22)2)25-13-15-26(16-14-25)31-28-20-33(18-6-7-19-34(28)29(31)21-37-5)38(35,36)30-12-9-17-32(4)24(30)3;1-20-9-8-10-25(21(20)2)23-11-13-24(14-12-23)29-26-18-32(15-6-7-16-33(26)27(29)19-36-5)37(34,35)28-17-30-22(3)31(28)4;1-21-7-6-8-25(22(21)2)23-9-11-24(12-10-23)28-26-19-31(13-4-5-14-32(26)27(28)20-33)36(34,35)30-17-15-29(3)16-18-30;1-19-7-6-8-23(20(19)2)21-9-11-22(12-10-21)26-24-17-30(14-4-5-15-31(24)25(26)18-32)35(33,34)27-28-13-16-29(27)3/h8-17,28-29,31H,6-7,18-21H2,1-5H3;8-14,17,26-27,29H,6-7,15-16,18-19H2,1-5H3;6-12,26-28,33H,4-5,13-20H2,1-3H3;6-13,16,24-26,32H,4-5,14-15,17-18H2,1-3H3/q+1;;;/t28-,29+,31-;26-,27+,29-;26-,27+,28-;24-,25+,26-/m0000/s1. The van der Waals surface area contributed by atoms with Crippen LogP contribution in [0.1, 0.15) is 153 Å². The van der Waals surface area contributed by atoms with Crippen LogP contribution in [-0.4, -0.2) is 310 Å². The second-order valence-electron chi connectivity index (χ2n) is 41.9. The molecule has 0 bridgehead atoms. The number of aryl methyl sites for hydroxylation is 7. The molecule has 11 aromatic rings. The van der Waals surface area contributed by atoms with Gasteiger partial charge in [-0.25, -0.2) is 39.8 Å². The Hall–Kier alpha value is -9.43. The molecule has 782 valence electrons. The first kappa shape index (κ1) is 108. The summed E-state index contributed by atoms with van der Waals surface area (Å²) in [5, 5.41) is 20.9. The molecule has 146 heavy (non-hydrogen) atoms. The summed E-state index contributed by atoms with van der Waals surface area (Å²) in [6.07, 6.45) is 13.7. The van der Waals surface area contributed by atoms with Crippen LogP contribution >= 0.6 is 0 Å². The highest BCUT2D eigenvalue weighted by Crippen LogP contribution is 2.49. The van der Waals surface area contributed by atoms with Crippen molar-refractivity contribution in [3.8, 4) is 44.5 Å². The predicted molar refractivity (Wildman–Crippen MR) is 578 cm³/mol. The molecule has 0 spiro atoms. The number of aliphatic hydroxyl groups is 2. The smallest absolute Gasteiger partial charge is 0.282 e. The number of sulfonamides is 3. The van der Waals surface area contributed by atoms with Crippen LogP contribution in [-0.2, 0) is 70.9 Å². The van der Waals surface area contributed by atoms with Crippen molar-refractivity contribution < 1.29 is 57.9 Å². The monoisotopic (exact) mass is 2060 g/mol. The highest BCUT2D eigenvalue weighted by atomic mass is 32.2. The number of piperazine rings is 1. The minimum absolute atomic E-state index is 0.00220. The van der Waals surface area contributed by atoms with Gasteiger partial charge in [0, 0.05) is 204 Å². The Balaban J connectivity index is 0.000000133. The summed E-state index contributed by atoms with van der Waals surface area (Å²) in [7, 11) is -3.54. The summed E-state index contributed by atoms with van der Waals surface area (Å²) in [4.78, 5) is 20.5. The highest BCUT2D eigenvalue weighted by Gasteiger charge is 2.56. The van der Waals surface area contributed by atoms with Crippen LogP contribution in [0.2, 0.25) is 0 Å². The van der Waals surface area contributed by atoms with Crippen molar-refractivity contribution in [2.24, 2.45) is 21.1 Å². The molecule has 0 radical (unpaired) electrons. The summed E-state index contributed by atoms with van der Waals surface area (Å²) < 4.78 is 134. The second kappa shape index (κ2) is 46.2. The lowest BCUT2D eigenvalue weighted by molar-refractivity contribution is -0.679. The zero-order valence-corrected chi connectivity index (χ0v) is 91.4. The maximum absolute atomic E-state index is 13.9. The number of benzene rings is 8. The van der Waals surface area contributed by atoms with E-state index < -0.39 is 40.3 Å². The van der Waals surface area contributed by atoms with E-state index in [2.05, 4.69) is 260 Å². The molecule has 9 aliphatic rings. The highest BCUT2D eigenvalue weighted by molar-refractivity contribution is 7.89. The first-order valence-electron chi connectivity index (χ1n) is 52.3. The molecule has 0 aliphatic carbocycles. The number of aromatic nitrogens is 5. The normalized spacial score (nSPS) is 24.2. The molecule has 12 heterocycles. The number of hydrogen-bond acceptors (Lipinski definition) is 19. The van der Waals surface area contributed by atoms with E-state index in [1.165, 1.54) is 118 Å². The molecule has 0 unspecified atom stereocenters. The number of methoxy groups -OCH3 is 2. The minimum Gasteiger partial charge on any atom is -0.395 e. The molecule has 12 atom stereocenters. The maximum Gasteiger partial charge on any atom is 0.282 e. The topological polar surface area (TPSA) is 267 Å². The van der Waals surface area contributed by atoms with Crippen LogP contribution in [0.25, 0.3) is 44.5 Å². The summed E-state index contributed by atoms with van der Waals surface area (Å²) in [5.41, 5.74) is 25.6. The van der Waals surface area contributed by atoms with E-state index in [4.69, 9.17) is 9.47 Å². The molecule has 8 aromatic carbocycles. The molecule has 0 amide bonds. The van der Waals surface area contributed by atoms with E-state index in [0.717, 1.165) is 102 Å². The van der Waals surface area contributed by atoms with Gasteiger partial charge in [0.2, 0.25) is 15.2 Å². The Morgan fingerprint density at radius 2 is 0.692 bits per heavy atom. The van der Waals surface area contributed by atoms with Crippen molar-refractivity contribution in [3.63, 3.8) is 0 Å². The Morgan fingerprint density at radius 1 is 0.363 bits per heavy atom. The molecule has 2 N–H and O–H groups in total. The molecule has 0 saturated carbocycles. The number of imidazole rings is 2.